The molecule has 0 fully saturated rings. The van der Waals surface area contributed by atoms with E-state index in [2.05, 4.69) is 10.6 Å². The van der Waals surface area contributed by atoms with Gasteiger partial charge in [0, 0.05) is 18.5 Å². The van der Waals surface area contributed by atoms with E-state index < -0.39 is 41.5 Å². The number of rotatable bonds is 13. The van der Waals surface area contributed by atoms with Gasteiger partial charge in [-0.15, -0.1) is 0 Å². The molecule has 0 heterocycles. The van der Waals surface area contributed by atoms with Crippen LogP contribution in [0.1, 0.15) is 82.5 Å². The molecule has 2 unspecified atom stereocenters. The quantitative estimate of drug-likeness (QED) is 0.222. The summed E-state index contributed by atoms with van der Waals surface area (Å²) in [7, 11) is 0. The van der Waals surface area contributed by atoms with Crippen molar-refractivity contribution in [3.05, 3.63) is 58.1 Å². The van der Waals surface area contributed by atoms with Crippen LogP contribution >= 0.6 is 11.6 Å². The van der Waals surface area contributed by atoms with Crippen molar-refractivity contribution in [3.63, 3.8) is 0 Å². The highest BCUT2D eigenvalue weighted by Gasteiger charge is 2.38. The molecule has 0 aliphatic heterocycles. The van der Waals surface area contributed by atoms with Gasteiger partial charge in [0.1, 0.15) is 23.4 Å². The largest absolute Gasteiger partial charge is 0.507 e. The molecule has 5 N–H and O–H groups in total. The Balaban J connectivity index is 2.65. The molecule has 0 radical (unpaired) electrons. The van der Waals surface area contributed by atoms with Crippen molar-refractivity contribution in [2.24, 2.45) is 5.73 Å². The molecule has 0 aliphatic rings. The number of carbonyl (C=O) groups is 4. The lowest BCUT2D eigenvalue weighted by Gasteiger charge is -2.35. The fourth-order valence-electron chi connectivity index (χ4n) is 4.43. The summed E-state index contributed by atoms with van der Waals surface area (Å²) in [6, 6.07) is 7.58. The number of alkyl carbamates (subject to hydrolysis) is 1. The first-order chi connectivity index (χ1) is 19.7. The second-order valence-corrected chi connectivity index (χ2v) is 11.7. The molecular formula is C31H43ClN4O6. The van der Waals surface area contributed by atoms with Crippen molar-refractivity contribution in [2.45, 2.75) is 91.3 Å². The van der Waals surface area contributed by atoms with Crippen LogP contribution in [0.2, 0.25) is 5.02 Å². The predicted molar refractivity (Wildman–Crippen MR) is 163 cm³/mol. The summed E-state index contributed by atoms with van der Waals surface area (Å²) >= 11 is 6.41. The van der Waals surface area contributed by atoms with Crippen LogP contribution in [0.5, 0.6) is 5.75 Å². The predicted octanol–water partition coefficient (Wildman–Crippen LogP) is 5.52. The van der Waals surface area contributed by atoms with E-state index in [1.165, 1.54) is 4.90 Å². The van der Waals surface area contributed by atoms with Crippen molar-refractivity contribution >= 4 is 41.1 Å². The number of ether oxygens (including phenoxy) is 1. The summed E-state index contributed by atoms with van der Waals surface area (Å²) in [6.45, 7) is 10.7. The first kappa shape index (κ1) is 34.4. The Morgan fingerprint density at radius 1 is 1.05 bits per heavy atom. The molecule has 2 rings (SSSR count). The fraction of sp³-hybridized carbons (Fsp3) is 0.484. The second-order valence-electron chi connectivity index (χ2n) is 11.3. The molecule has 0 bridgehead atoms. The standard InChI is InChI=1S/C31H43ClN4O6/c1-7-8-9-18-36(29(40)23(16-17-24(33)37)34-30(41)42-31(4,5)6)26(21-14-10-13-20(3)27(21)38)28(39)35-25-19(2)12-11-15-22(25)32/h10-15,23,26,38H,7-9,16-18H2,1-6H3,(H2,33,37)(H,34,41)(H,35,39). The number of phenolic OH excluding ortho intramolecular Hbond substituents is 1. The van der Waals surface area contributed by atoms with E-state index >= 15 is 0 Å². The lowest BCUT2D eigenvalue weighted by atomic mass is 9.98. The van der Waals surface area contributed by atoms with Gasteiger partial charge in [-0.3, -0.25) is 14.4 Å². The van der Waals surface area contributed by atoms with Crippen molar-refractivity contribution in [1.82, 2.24) is 10.2 Å². The zero-order valence-corrected chi connectivity index (χ0v) is 26.0. The molecule has 2 aromatic carbocycles. The number of hydrogen-bond donors (Lipinski definition) is 4. The summed E-state index contributed by atoms with van der Waals surface area (Å²) < 4.78 is 5.37. The lowest BCUT2D eigenvalue weighted by molar-refractivity contribution is -0.141. The number of nitrogens with two attached hydrogens (primary N) is 1. The van der Waals surface area contributed by atoms with Gasteiger partial charge in [-0.2, -0.15) is 0 Å². The number of aromatic hydroxyl groups is 1. The zero-order chi connectivity index (χ0) is 31.6. The number of carbonyl (C=O) groups excluding carboxylic acids is 4. The van der Waals surface area contributed by atoms with E-state index in [0.717, 1.165) is 12.8 Å². The molecule has 0 spiro atoms. The molecule has 2 aromatic rings. The van der Waals surface area contributed by atoms with E-state index in [9.17, 15) is 24.3 Å². The van der Waals surface area contributed by atoms with Gasteiger partial charge in [-0.1, -0.05) is 61.7 Å². The number of halogens is 1. The number of amides is 4. The minimum absolute atomic E-state index is 0.116. The smallest absolute Gasteiger partial charge is 0.408 e. The molecule has 42 heavy (non-hydrogen) atoms. The number of unbranched alkanes of at least 4 members (excludes halogenated alkanes) is 2. The molecule has 2 atom stereocenters. The van der Waals surface area contributed by atoms with Gasteiger partial charge < -0.3 is 31.1 Å². The van der Waals surface area contributed by atoms with Crippen molar-refractivity contribution in [1.29, 1.82) is 0 Å². The van der Waals surface area contributed by atoms with Gasteiger partial charge in [-0.05, 0) is 64.7 Å². The highest BCUT2D eigenvalue weighted by Crippen LogP contribution is 2.35. The third kappa shape index (κ3) is 9.94. The molecule has 4 amide bonds. The number of para-hydroxylation sites is 2. The maximum absolute atomic E-state index is 14.3. The summed E-state index contributed by atoms with van der Waals surface area (Å²) in [5.74, 6) is -2.04. The number of nitrogens with one attached hydrogen (secondary N) is 2. The first-order valence-electron chi connectivity index (χ1n) is 14.1. The molecule has 0 saturated heterocycles. The van der Waals surface area contributed by atoms with E-state index in [1.807, 2.05) is 6.92 Å². The Labute approximate surface area is 252 Å². The van der Waals surface area contributed by atoms with Crippen LogP contribution < -0.4 is 16.4 Å². The lowest BCUT2D eigenvalue weighted by Crippen LogP contribution is -2.53. The van der Waals surface area contributed by atoms with Crippen LogP contribution in [0.3, 0.4) is 0 Å². The van der Waals surface area contributed by atoms with E-state index in [1.54, 1.807) is 71.0 Å². The van der Waals surface area contributed by atoms with Gasteiger partial charge in [0.15, 0.2) is 0 Å². The molecule has 0 saturated carbocycles. The van der Waals surface area contributed by atoms with Crippen LogP contribution in [0, 0.1) is 13.8 Å². The summed E-state index contributed by atoms with van der Waals surface area (Å²) in [5, 5.41) is 16.8. The number of aryl methyl sites for hydroxylation is 2. The monoisotopic (exact) mass is 602 g/mol. The topological polar surface area (TPSA) is 151 Å². The fourth-order valence-corrected chi connectivity index (χ4v) is 4.70. The van der Waals surface area contributed by atoms with E-state index in [0.29, 0.717) is 28.3 Å². The van der Waals surface area contributed by atoms with Crippen LogP contribution in [-0.4, -0.2) is 52.0 Å². The number of primary amides is 1. The minimum Gasteiger partial charge on any atom is -0.507 e. The molecule has 0 aromatic heterocycles. The third-order valence-corrected chi connectivity index (χ3v) is 6.86. The van der Waals surface area contributed by atoms with E-state index in [-0.39, 0.29) is 30.7 Å². The van der Waals surface area contributed by atoms with Crippen LogP contribution in [0.15, 0.2) is 36.4 Å². The summed E-state index contributed by atoms with van der Waals surface area (Å²) in [4.78, 5) is 54.1. The summed E-state index contributed by atoms with van der Waals surface area (Å²) in [6.07, 6.45) is 0.973. The molecule has 230 valence electrons. The van der Waals surface area contributed by atoms with Crippen molar-refractivity contribution in [3.8, 4) is 5.75 Å². The van der Waals surface area contributed by atoms with Gasteiger partial charge in [0.2, 0.25) is 11.8 Å². The Hall–Kier alpha value is -3.79. The van der Waals surface area contributed by atoms with Crippen molar-refractivity contribution < 1.29 is 29.0 Å². The first-order valence-corrected chi connectivity index (χ1v) is 14.5. The molecule has 11 heteroatoms. The Morgan fingerprint density at radius 3 is 2.29 bits per heavy atom. The van der Waals surface area contributed by atoms with Crippen molar-refractivity contribution in [2.75, 3.05) is 11.9 Å². The van der Waals surface area contributed by atoms with Crippen LogP contribution in [-0.2, 0) is 19.1 Å². The number of phenols is 1. The average molecular weight is 603 g/mol. The van der Waals surface area contributed by atoms with E-state index in [4.69, 9.17) is 22.1 Å². The maximum atomic E-state index is 14.3. The number of nitrogens with zero attached hydrogens (tertiary/aromatic N) is 1. The summed E-state index contributed by atoms with van der Waals surface area (Å²) in [5.41, 5.74) is 6.33. The third-order valence-electron chi connectivity index (χ3n) is 6.55. The number of hydrogen-bond acceptors (Lipinski definition) is 6. The highest BCUT2D eigenvalue weighted by atomic mass is 35.5. The van der Waals surface area contributed by atoms with Crippen LogP contribution in [0.25, 0.3) is 0 Å². The Bertz CT molecular complexity index is 1260. The number of benzene rings is 2. The maximum Gasteiger partial charge on any atom is 0.408 e. The SMILES string of the molecule is CCCCCN(C(=O)C(CCC(N)=O)NC(=O)OC(C)(C)C)C(C(=O)Nc1c(C)cccc1Cl)c1cccc(C)c1O. The van der Waals surface area contributed by atoms with Gasteiger partial charge in [0.05, 0.1) is 10.7 Å². The molecular weight excluding hydrogens is 560 g/mol. The van der Waals surface area contributed by atoms with Gasteiger partial charge in [0.25, 0.3) is 5.91 Å². The molecule has 10 nitrogen and oxygen atoms in total. The Morgan fingerprint density at radius 2 is 1.69 bits per heavy atom. The number of anilines is 1. The zero-order valence-electron chi connectivity index (χ0n) is 25.3. The molecule has 0 aliphatic carbocycles. The highest BCUT2D eigenvalue weighted by molar-refractivity contribution is 6.34. The normalized spacial score (nSPS) is 12.6. The Kier molecular flexibility index (Phi) is 12.7. The average Bonchev–Trinajstić information content (AvgIpc) is 2.89. The van der Waals surface area contributed by atoms with Crippen LogP contribution in [0.4, 0.5) is 10.5 Å². The van der Waals surface area contributed by atoms with Gasteiger partial charge >= 0.3 is 6.09 Å². The minimum atomic E-state index is -1.30. The van der Waals surface area contributed by atoms with Gasteiger partial charge in [-0.25, -0.2) is 4.79 Å². The second kappa shape index (κ2) is 15.4.